The minimum absolute atomic E-state index is 0.470. The first kappa shape index (κ1) is 13.7. The number of aromatic nitrogens is 3. The lowest BCUT2D eigenvalue weighted by Gasteiger charge is -2.07. The molecule has 0 atom stereocenters. The Kier molecular flexibility index (Phi) is 3.83. The fraction of sp³-hybridized carbons (Fsp3) is 0.643. The zero-order valence-electron chi connectivity index (χ0n) is 11.6. The van der Waals surface area contributed by atoms with Gasteiger partial charge in [0.15, 0.2) is 5.16 Å². The van der Waals surface area contributed by atoms with Crippen molar-refractivity contribution in [3.05, 3.63) is 17.5 Å². The van der Waals surface area contributed by atoms with Crippen molar-refractivity contribution in [2.45, 2.75) is 56.1 Å². The molecule has 1 aromatic rings. The molecule has 2 fully saturated rings. The fourth-order valence-corrected chi connectivity index (χ4v) is 3.20. The maximum atomic E-state index is 10.9. The van der Waals surface area contributed by atoms with Crippen LogP contribution in [-0.2, 0) is 4.79 Å². The number of hydrogen-bond donors (Lipinski definition) is 1. The molecule has 1 aromatic heterocycles. The summed E-state index contributed by atoms with van der Waals surface area (Å²) in [5.74, 6) is 1.58. The summed E-state index contributed by atoms with van der Waals surface area (Å²) in [7, 11) is 0. The van der Waals surface area contributed by atoms with Crippen LogP contribution in [0.2, 0.25) is 0 Å². The highest BCUT2D eigenvalue weighted by Crippen LogP contribution is 2.45. The summed E-state index contributed by atoms with van der Waals surface area (Å²) in [6.45, 7) is 1.86. The van der Waals surface area contributed by atoms with E-state index < -0.39 is 5.97 Å². The van der Waals surface area contributed by atoms with Crippen LogP contribution in [0, 0.1) is 0 Å². The lowest BCUT2D eigenvalue weighted by Crippen LogP contribution is -2.02. The molecule has 20 heavy (non-hydrogen) atoms. The van der Waals surface area contributed by atoms with E-state index in [2.05, 4.69) is 14.8 Å². The molecule has 3 rings (SSSR count). The van der Waals surface area contributed by atoms with E-state index in [1.165, 1.54) is 25.7 Å². The second-order valence-corrected chi connectivity index (χ2v) is 6.40. The number of carboxylic acids is 1. The summed E-state index contributed by atoms with van der Waals surface area (Å²) in [4.78, 5) is 10.9. The SMILES string of the molecule is CCC(=CCSc1nnc(C2CC2)n1C1CC1)C(=O)O. The second-order valence-electron chi connectivity index (χ2n) is 5.42. The van der Waals surface area contributed by atoms with Crippen molar-refractivity contribution in [3.63, 3.8) is 0 Å². The van der Waals surface area contributed by atoms with E-state index in [-0.39, 0.29) is 0 Å². The maximum Gasteiger partial charge on any atom is 0.331 e. The monoisotopic (exact) mass is 293 g/mol. The van der Waals surface area contributed by atoms with Crippen molar-refractivity contribution in [2.24, 2.45) is 0 Å². The molecular formula is C14H19N3O2S. The van der Waals surface area contributed by atoms with Crippen LogP contribution >= 0.6 is 11.8 Å². The van der Waals surface area contributed by atoms with E-state index in [1.54, 1.807) is 17.8 Å². The van der Waals surface area contributed by atoms with E-state index in [1.807, 2.05) is 6.92 Å². The summed E-state index contributed by atoms with van der Waals surface area (Å²) in [6, 6.07) is 0.581. The predicted molar refractivity (Wildman–Crippen MR) is 77.0 cm³/mol. The molecule has 0 aliphatic heterocycles. The smallest absolute Gasteiger partial charge is 0.331 e. The number of nitrogens with zero attached hydrogens (tertiary/aromatic N) is 3. The Morgan fingerprint density at radius 1 is 1.40 bits per heavy atom. The highest BCUT2D eigenvalue weighted by atomic mass is 32.2. The number of carbonyl (C=O) groups is 1. The minimum atomic E-state index is -0.824. The Balaban J connectivity index is 1.70. The largest absolute Gasteiger partial charge is 0.478 e. The molecule has 0 amide bonds. The van der Waals surface area contributed by atoms with Gasteiger partial charge < -0.3 is 9.67 Å². The summed E-state index contributed by atoms with van der Waals surface area (Å²) in [5, 5.41) is 18.6. The lowest BCUT2D eigenvalue weighted by atomic mass is 10.2. The normalized spacial score (nSPS) is 19.4. The van der Waals surface area contributed by atoms with E-state index in [4.69, 9.17) is 5.11 Å². The molecule has 2 aliphatic rings. The third kappa shape index (κ3) is 2.90. The van der Waals surface area contributed by atoms with Crippen LogP contribution in [-0.4, -0.2) is 31.6 Å². The molecule has 0 aromatic carbocycles. The van der Waals surface area contributed by atoms with Crippen molar-refractivity contribution >= 4 is 17.7 Å². The molecule has 0 spiro atoms. The van der Waals surface area contributed by atoms with Crippen LogP contribution in [0.4, 0.5) is 0 Å². The van der Waals surface area contributed by atoms with Gasteiger partial charge in [-0.3, -0.25) is 0 Å². The van der Waals surface area contributed by atoms with Gasteiger partial charge in [-0.05, 0) is 32.1 Å². The molecule has 1 N–H and O–H groups in total. The molecule has 108 valence electrons. The zero-order chi connectivity index (χ0) is 14.1. The number of carboxylic acid groups (broad SMARTS) is 1. The first-order valence-corrected chi connectivity index (χ1v) is 8.19. The van der Waals surface area contributed by atoms with Gasteiger partial charge in [0, 0.05) is 23.3 Å². The molecule has 6 heteroatoms. The highest BCUT2D eigenvalue weighted by molar-refractivity contribution is 7.99. The lowest BCUT2D eigenvalue weighted by molar-refractivity contribution is -0.132. The van der Waals surface area contributed by atoms with Crippen LogP contribution in [0.25, 0.3) is 0 Å². The predicted octanol–water partition coefficient (Wildman–Crippen LogP) is 3.00. The molecule has 0 bridgehead atoms. The maximum absolute atomic E-state index is 10.9. The standard InChI is InChI=1S/C14H19N3O2S/c1-2-9(13(18)19)7-8-20-14-16-15-12(10-3-4-10)17(14)11-5-6-11/h7,10-11H,2-6,8H2,1H3,(H,18,19). The van der Waals surface area contributed by atoms with Gasteiger partial charge in [0.1, 0.15) is 5.82 Å². The Morgan fingerprint density at radius 3 is 2.70 bits per heavy atom. The van der Waals surface area contributed by atoms with E-state index in [9.17, 15) is 4.79 Å². The fourth-order valence-electron chi connectivity index (χ4n) is 2.28. The van der Waals surface area contributed by atoms with Crippen LogP contribution in [0.15, 0.2) is 16.8 Å². The van der Waals surface area contributed by atoms with Crippen molar-refractivity contribution in [1.29, 1.82) is 0 Å². The summed E-state index contributed by atoms with van der Waals surface area (Å²) in [6.07, 6.45) is 7.24. The summed E-state index contributed by atoms with van der Waals surface area (Å²) >= 11 is 1.59. The first-order valence-electron chi connectivity index (χ1n) is 7.20. The van der Waals surface area contributed by atoms with Gasteiger partial charge in [0.25, 0.3) is 0 Å². The quantitative estimate of drug-likeness (QED) is 0.618. The van der Waals surface area contributed by atoms with E-state index in [0.29, 0.717) is 29.7 Å². The molecule has 0 saturated heterocycles. The molecule has 0 unspecified atom stereocenters. The van der Waals surface area contributed by atoms with Crippen LogP contribution in [0.3, 0.4) is 0 Å². The van der Waals surface area contributed by atoms with E-state index >= 15 is 0 Å². The van der Waals surface area contributed by atoms with Gasteiger partial charge in [-0.1, -0.05) is 24.8 Å². The average molecular weight is 293 g/mol. The van der Waals surface area contributed by atoms with Gasteiger partial charge in [0.05, 0.1) is 0 Å². The van der Waals surface area contributed by atoms with Crippen molar-refractivity contribution in [2.75, 3.05) is 5.75 Å². The summed E-state index contributed by atoms with van der Waals surface area (Å²) in [5.41, 5.74) is 0.470. The average Bonchev–Trinajstić information content (AvgIpc) is 3.33. The Bertz CT molecular complexity index is 545. The van der Waals surface area contributed by atoms with Gasteiger partial charge in [0.2, 0.25) is 0 Å². The molecule has 0 radical (unpaired) electrons. The third-order valence-electron chi connectivity index (χ3n) is 3.74. The summed E-state index contributed by atoms with van der Waals surface area (Å²) < 4.78 is 2.29. The molecule has 2 saturated carbocycles. The number of aliphatic carboxylic acids is 1. The Hall–Kier alpha value is -1.30. The first-order chi connectivity index (χ1) is 9.70. The van der Waals surface area contributed by atoms with Crippen molar-refractivity contribution < 1.29 is 9.90 Å². The number of thioether (sulfide) groups is 1. The van der Waals surface area contributed by atoms with Crippen molar-refractivity contribution in [3.8, 4) is 0 Å². The van der Waals surface area contributed by atoms with Gasteiger partial charge in [-0.15, -0.1) is 10.2 Å². The van der Waals surface area contributed by atoms with Crippen LogP contribution in [0.5, 0.6) is 0 Å². The number of rotatable bonds is 7. The van der Waals surface area contributed by atoms with Crippen LogP contribution < -0.4 is 0 Å². The Labute approximate surface area is 122 Å². The minimum Gasteiger partial charge on any atom is -0.478 e. The molecular weight excluding hydrogens is 274 g/mol. The number of hydrogen-bond acceptors (Lipinski definition) is 4. The third-order valence-corrected chi connectivity index (χ3v) is 4.61. The molecule has 1 heterocycles. The zero-order valence-corrected chi connectivity index (χ0v) is 12.4. The molecule has 5 nitrogen and oxygen atoms in total. The molecule has 2 aliphatic carbocycles. The second kappa shape index (κ2) is 5.60. The van der Waals surface area contributed by atoms with Gasteiger partial charge in [-0.25, -0.2) is 4.79 Å². The highest BCUT2D eigenvalue weighted by Gasteiger charge is 2.36. The van der Waals surface area contributed by atoms with Crippen molar-refractivity contribution in [1.82, 2.24) is 14.8 Å². The van der Waals surface area contributed by atoms with Gasteiger partial charge >= 0.3 is 5.97 Å². The topological polar surface area (TPSA) is 68.0 Å². The van der Waals surface area contributed by atoms with Crippen LogP contribution in [0.1, 0.15) is 56.8 Å². The Morgan fingerprint density at radius 2 is 2.15 bits per heavy atom. The van der Waals surface area contributed by atoms with Gasteiger partial charge in [-0.2, -0.15) is 0 Å². The van der Waals surface area contributed by atoms with E-state index in [0.717, 1.165) is 11.0 Å².